The first-order valence-corrected chi connectivity index (χ1v) is 6.25. The molecule has 5 heteroatoms. The van der Waals surface area contributed by atoms with E-state index in [0.717, 1.165) is 12.1 Å². The fourth-order valence-corrected chi connectivity index (χ4v) is 2.25. The molecule has 1 aromatic carbocycles. The second-order valence-electron chi connectivity index (χ2n) is 3.87. The van der Waals surface area contributed by atoms with E-state index in [1.54, 1.807) is 19.1 Å². The van der Waals surface area contributed by atoms with Crippen molar-refractivity contribution in [2.75, 3.05) is 0 Å². The molecule has 0 saturated carbocycles. The van der Waals surface area contributed by atoms with Crippen LogP contribution >= 0.6 is 15.9 Å². The van der Waals surface area contributed by atoms with Gasteiger partial charge in [-0.15, -0.1) is 0 Å². The van der Waals surface area contributed by atoms with E-state index in [0.29, 0.717) is 12.2 Å². The third-order valence-corrected chi connectivity index (χ3v) is 3.22. The first-order valence-electron chi connectivity index (χ1n) is 5.45. The fraction of sp³-hybridized carbons (Fsp3) is 0.231. The highest BCUT2D eigenvalue weighted by Crippen LogP contribution is 2.34. The van der Waals surface area contributed by atoms with Crippen LogP contribution in [-0.4, -0.2) is 5.11 Å². The van der Waals surface area contributed by atoms with Crippen molar-refractivity contribution in [2.45, 2.75) is 19.4 Å². The zero-order valence-electron chi connectivity index (χ0n) is 9.58. The average molecular weight is 317 g/mol. The number of benzene rings is 1. The van der Waals surface area contributed by atoms with Crippen molar-refractivity contribution in [2.24, 2.45) is 0 Å². The van der Waals surface area contributed by atoms with E-state index >= 15 is 0 Å². The number of aliphatic hydroxyl groups is 1. The summed E-state index contributed by atoms with van der Waals surface area (Å²) in [6.45, 7) is 1.81. The standard InChI is InChI=1S/C13H11BrF2O2/c1-2-10(17)11-3-4-12(18-11)13-8(14)5-7(15)6-9(13)16/h3-6,10,17H,2H2,1H3. The smallest absolute Gasteiger partial charge is 0.138 e. The molecule has 2 nitrogen and oxygen atoms in total. The number of hydrogen-bond acceptors (Lipinski definition) is 2. The topological polar surface area (TPSA) is 33.4 Å². The molecule has 96 valence electrons. The number of rotatable bonds is 3. The van der Waals surface area contributed by atoms with Crippen molar-refractivity contribution in [3.8, 4) is 11.3 Å². The minimum Gasteiger partial charge on any atom is -0.458 e. The summed E-state index contributed by atoms with van der Waals surface area (Å²) in [5.74, 6) is -0.762. The van der Waals surface area contributed by atoms with Gasteiger partial charge in [-0.1, -0.05) is 6.92 Å². The normalized spacial score (nSPS) is 12.7. The molecule has 0 bridgehead atoms. The van der Waals surface area contributed by atoms with E-state index < -0.39 is 17.7 Å². The van der Waals surface area contributed by atoms with E-state index in [4.69, 9.17) is 4.42 Å². The Kier molecular flexibility index (Phi) is 3.82. The molecular weight excluding hydrogens is 306 g/mol. The molecule has 2 aromatic rings. The van der Waals surface area contributed by atoms with Gasteiger partial charge in [-0.05, 0) is 40.5 Å². The average Bonchev–Trinajstić information content (AvgIpc) is 2.76. The monoisotopic (exact) mass is 316 g/mol. The van der Waals surface area contributed by atoms with Gasteiger partial charge >= 0.3 is 0 Å². The number of hydrogen-bond donors (Lipinski definition) is 1. The van der Waals surface area contributed by atoms with Crippen LogP contribution in [-0.2, 0) is 0 Å². The third-order valence-electron chi connectivity index (χ3n) is 2.60. The molecule has 1 aromatic heterocycles. The van der Waals surface area contributed by atoms with E-state index in [2.05, 4.69) is 15.9 Å². The Labute approximate surface area is 111 Å². The Morgan fingerprint density at radius 1 is 1.33 bits per heavy atom. The predicted molar refractivity (Wildman–Crippen MR) is 67.0 cm³/mol. The summed E-state index contributed by atoms with van der Waals surface area (Å²) < 4.78 is 32.3. The molecule has 1 heterocycles. The zero-order chi connectivity index (χ0) is 13.3. The first kappa shape index (κ1) is 13.2. The van der Waals surface area contributed by atoms with Crippen LogP contribution in [0, 0.1) is 11.6 Å². The van der Waals surface area contributed by atoms with Crippen molar-refractivity contribution in [3.05, 3.63) is 46.1 Å². The Hall–Kier alpha value is -1.20. The van der Waals surface area contributed by atoms with Crippen molar-refractivity contribution < 1.29 is 18.3 Å². The molecule has 2 rings (SSSR count). The molecule has 0 aliphatic heterocycles. The van der Waals surface area contributed by atoms with Gasteiger partial charge in [0.25, 0.3) is 0 Å². The first-order chi connectivity index (χ1) is 8.52. The van der Waals surface area contributed by atoms with Crippen LogP contribution in [0.1, 0.15) is 25.2 Å². The Bertz CT molecular complexity index is 543. The number of furan rings is 1. The minimum atomic E-state index is -0.721. The molecule has 0 aliphatic rings. The van der Waals surface area contributed by atoms with Crippen molar-refractivity contribution in [3.63, 3.8) is 0 Å². The largest absolute Gasteiger partial charge is 0.458 e. The van der Waals surface area contributed by atoms with Crippen LogP contribution in [0.4, 0.5) is 8.78 Å². The van der Waals surface area contributed by atoms with E-state index in [1.807, 2.05) is 0 Å². The van der Waals surface area contributed by atoms with Crippen LogP contribution in [0.25, 0.3) is 11.3 Å². The molecule has 0 spiro atoms. The predicted octanol–water partition coefficient (Wildman–Crippen LogP) is 4.43. The van der Waals surface area contributed by atoms with Crippen molar-refractivity contribution in [1.82, 2.24) is 0 Å². The summed E-state index contributed by atoms with van der Waals surface area (Å²) in [7, 11) is 0. The highest BCUT2D eigenvalue weighted by Gasteiger charge is 2.17. The van der Waals surface area contributed by atoms with E-state index in [9.17, 15) is 13.9 Å². The van der Waals surface area contributed by atoms with Gasteiger partial charge in [-0.25, -0.2) is 8.78 Å². The Balaban J connectivity index is 2.46. The molecule has 18 heavy (non-hydrogen) atoms. The molecule has 0 radical (unpaired) electrons. The highest BCUT2D eigenvalue weighted by molar-refractivity contribution is 9.10. The summed E-state index contributed by atoms with van der Waals surface area (Å²) in [5, 5.41) is 9.61. The van der Waals surface area contributed by atoms with Gasteiger partial charge in [-0.3, -0.25) is 0 Å². The van der Waals surface area contributed by atoms with Crippen molar-refractivity contribution >= 4 is 15.9 Å². The second-order valence-corrected chi connectivity index (χ2v) is 4.72. The van der Waals surface area contributed by atoms with Gasteiger partial charge in [0.1, 0.15) is 29.3 Å². The molecule has 0 fully saturated rings. The van der Waals surface area contributed by atoms with E-state index in [-0.39, 0.29) is 15.8 Å². The summed E-state index contributed by atoms with van der Waals surface area (Å²) >= 11 is 3.10. The third kappa shape index (κ3) is 2.47. The van der Waals surface area contributed by atoms with Gasteiger partial charge in [-0.2, -0.15) is 0 Å². The highest BCUT2D eigenvalue weighted by atomic mass is 79.9. The van der Waals surface area contributed by atoms with Crippen LogP contribution < -0.4 is 0 Å². The zero-order valence-corrected chi connectivity index (χ0v) is 11.2. The lowest BCUT2D eigenvalue weighted by Crippen LogP contribution is -1.92. The van der Waals surface area contributed by atoms with E-state index in [1.165, 1.54) is 0 Å². The SMILES string of the molecule is CCC(O)c1ccc(-c2c(F)cc(F)cc2Br)o1. The summed E-state index contributed by atoms with van der Waals surface area (Å²) in [5.41, 5.74) is 0.144. The lowest BCUT2D eigenvalue weighted by atomic mass is 10.1. The number of halogens is 3. The van der Waals surface area contributed by atoms with Gasteiger partial charge < -0.3 is 9.52 Å². The molecule has 1 atom stereocenters. The lowest BCUT2D eigenvalue weighted by molar-refractivity contribution is 0.146. The Morgan fingerprint density at radius 2 is 2.06 bits per heavy atom. The van der Waals surface area contributed by atoms with Crippen LogP contribution in [0.5, 0.6) is 0 Å². The maximum absolute atomic E-state index is 13.7. The van der Waals surface area contributed by atoms with Gasteiger partial charge in [0.15, 0.2) is 0 Å². The maximum atomic E-state index is 13.7. The lowest BCUT2D eigenvalue weighted by Gasteiger charge is -2.05. The molecule has 0 aliphatic carbocycles. The van der Waals surface area contributed by atoms with Crippen LogP contribution in [0.3, 0.4) is 0 Å². The fourth-order valence-electron chi connectivity index (χ4n) is 1.65. The summed E-state index contributed by atoms with van der Waals surface area (Å²) in [6, 6.07) is 5.09. The summed E-state index contributed by atoms with van der Waals surface area (Å²) in [6.07, 6.45) is -0.221. The van der Waals surface area contributed by atoms with Crippen molar-refractivity contribution in [1.29, 1.82) is 0 Å². The molecule has 1 N–H and O–H groups in total. The van der Waals surface area contributed by atoms with Gasteiger partial charge in [0.05, 0.1) is 5.56 Å². The van der Waals surface area contributed by atoms with Crippen LogP contribution in [0.15, 0.2) is 33.2 Å². The second kappa shape index (κ2) is 5.20. The van der Waals surface area contributed by atoms with Gasteiger partial charge in [0.2, 0.25) is 0 Å². The van der Waals surface area contributed by atoms with Gasteiger partial charge in [0, 0.05) is 10.5 Å². The minimum absolute atomic E-state index is 0.144. The van der Waals surface area contributed by atoms with Crippen LogP contribution in [0.2, 0.25) is 0 Å². The number of aliphatic hydroxyl groups excluding tert-OH is 1. The molecule has 1 unspecified atom stereocenters. The quantitative estimate of drug-likeness (QED) is 0.908. The summed E-state index contributed by atoms with van der Waals surface area (Å²) in [4.78, 5) is 0. The maximum Gasteiger partial charge on any atom is 0.138 e. The molecule has 0 amide bonds. The molecular formula is C13H11BrF2O2. The Morgan fingerprint density at radius 3 is 2.67 bits per heavy atom. The molecule has 0 saturated heterocycles.